The van der Waals surface area contributed by atoms with Crippen molar-refractivity contribution in [2.45, 2.75) is 13.3 Å². The fourth-order valence-electron chi connectivity index (χ4n) is 1.63. The Hall–Kier alpha value is -2.43. The van der Waals surface area contributed by atoms with Crippen molar-refractivity contribution in [1.29, 1.82) is 0 Å². The lowest BCUT2D eigenvalue weighted by atomic mass is 10.2. The third-order valence-corrected chi connectivity index (χ3v) is 2.70. The number of benzene rings is 2. The van der Waals surface area contributed by atoms with Gasteiger partial charge in [0.15, 0.2) is 11.6 Å². The topological polar surface area (TPSA) is 41.1 Å². The molecule has 3 nitrogen and oxygen atoms in total. The van der Waals surface area contributed by atoms with Gasteiger partial charge in [0.05, 0.1) is 0 Å². The van der Waals surface area contributed by atoms with E-state index in [1.165, 1.54) is 6.07 Å². The largest absolute Gasteiger partial charge is 0.355 e. The lowest BCUT2D eigenvalue weighted by molar-refractivity contribution is -0.115. The molecule has 0 fully saturated rings. The normalized spacial score (nSPS) is 10.2. The summed E-state index contributed by atoms with van der Waals surface area (Å²) in [6, 6.07) is 10.5. The number of nitrogens with one attached hydrogen (secondary N) is 2. The molecular formula is C15H14F2N2O. The molecule has 0 aliphatic rings. The van der Waals surface area contributed by atoms with Crippen molar-refractivity contribution in [2.75, 3.05) is 10.6 Å². The number of halogens is 2. The van der Waals surface area contributed by atoms with E-state index in [4.69, 9.17) is 0 Å². The highest BCUT2D eigenvalue weighted by atomic mass is 19.2. The predicted octanol–water partition coefficient (Wildman–Crippen LogP) is 4.06. The van der Waals surface area contributed by atoms with E-state index in [-0.39, 0.29) is 5.91 Å². The SMILES string of the molecule is CCC(=O)Nc1ccc(Nc2ccc(F)c(F)c2)cc1. The molecular weight excluding hydrogens is 262 g/mol. The standard InChI is InChI=1S/C15H14F2N2O/c1-2-15(20)19-11-5-3-10(4-6-11)18-12-7-8-13(16)14(17)9-12/h3-9,18H,2H2,1H3,(H,19,20). The van der Waals surface area contributed by atoms with Crippen molar-refractivity contribution in [3.63, 3.8) is 0 Å². The van der Waals surface area contributed by atoms with Crippen LogP contribution in [0.4, 0.5) is 25.8 Å². The van der Waals surface area contributed by atoms with E-state index in [2.05, 4.69) is 10.6 Å². The minimum Gasteiger partial charge on any atom is -0.355 e. The Bertz CT molecular complexity index is 612. The maximum Gasteiger partial charge on any atom is 0.224 e. The minimum atomic E-state index is -0.901. The van der Waals surface area contributed by atoms with Crippen molar-refractivity contribution < 1.29 is 13.6 Å². The Kier molecular flexibility index (Phi) is 4.30. The number of hydrogen-bond donors (Lipinski definition) is 2. The highest BCUT2D eigenvalue weighted by Crippen LogP contribution is 2.20. The van der Waals surface area contributed by atoms with E-state index in [0.717, 1.165) is 12.1 Å². The van der Waals surface area contributed by atoms with Gasteiger partial charge in [0, 0.05) is 29.5 Å². The second-order valence-electron chi connectivity index (χ2n) is 4.23. The van der Waals surface area contributed by atoms with E-state index in [9.17, 15) is 13.6 Å². The van der Waals surface area contributed by atoms with E-state index in [1.807, 2.05) is 0 Å². The quantitative estimate of drug-likeness (QED) is 0.884. The molecule has 1 amide bonds. The fraction of sp³-hybridized carbons (Fsp3) is 0.133. The van der Waals surface area contributed by atoms with Gasteiger partial charge in [0.25, 0.3) is 0 Å². The highest BCUT2D eigenvalue weighted by molar-refractivity contribution is 5.90. The summed E-state index contributed by atoms with van der Waals surface area (Å²) in [5.41, 5.74) is 1.85. The predicted molar refractivity (Wildman–Crippen MR) is 75.0 cm³/mol. The first kappa shape index (κ1) is 14.0. The van der Waals surface area contributed by atoms with Crippen LogP contribution in [0.5, 0.6) is 0 Å². The Labute approximate surface area is 115 Å². The number of rotatable bonds is 4. The van der Waals surface area contributed by atoms with E-state index in [1.54, 1.807) is 31.2 Å². The van der Waals surface area contributed by atoms with Gasteiger partial charge in [-0.2, -0.15) is 0 Å². The average molecular weight is 276 g/mol. The van der Waals surface area contributed by atoms with Crippen molar-refractivity contribution >= 4 is 23.0 Å². The lowest BCUT2D eigenvalue weighted by Crippen LogP contribution is -2.09. The van der Waals surface area contributed by atoms with Crippen LogP contribution in [0.25, 0.3) is 0 Å². The molecule has 0 atom stereocenters. The molecule has 0 aromatic heterocycles. The van der Waals surface area contributed by atoms with E-state index in [0.29, 0.717) is 23.5 Å². The van der Waals surface area contributed by atoms with Crippen molar-refractivity contribution in [3.8, 4) is 0 Å². The van der Waals surface area contributed by atoms with Crippen LogP contribution in [0.2, 0.25) is 0 Å². The molecule has 0 unspecified atom stereocenters. The molecule has 5 heteroatoms. The van der Waals surface area contributed by atoms with Crippen LogP contribution in [0.15, 0.2) is 42.5 Å². The Balaban J connectivity index is 2.06. The maximum atomic E-state index is 13.1. The van der Waals surface area contributed by atoms with Gasteiger partial charge >= 0.3 is 0 Å². The van der Waals surface area contributed by atoms with Gasteiger partial charge in [-0.05, 0) is 36.4 Å². The third kappa shape index (κ3) is 3.54. The monoisotopic (exact) mass is 276 g/mol. The Morgan fingerprint density at radius 2 is 1.55 bits per heavy atom. The number of hydrogen-bond acceptors (Lipinski definition) is 2. The molecule has 0 bridgehead atoms. The van der Waals surface area contributed by atoms with Gasteiger partial charge in [0.2, 0.25) is 5.91 Å². The van der Waals surface area contributed by atoms with Gasteiger partial charge in [0.1, 0.15) is 0 Å². The number of carbonyl (C=O) groups is 1. The average Bonchev–Trinajstić information content (AvgIpc) is 2.45. The summed E-state index contributed by atoms with van der Waals surface area (Å²) in [4.78, 5) is 11.2. The van der Waals surface area contributed by atoms with Gasteiger partial charge < -0.3 is 10.6 Å². The first-order valence-corrected chi connectivity index (χ1v) is 6.20. The van der Waals surface area contributed by atoms with Gasteiger partial charge in [-0.3, -0.25) is 4.79 Å². The number of anilines is 3. The molecule has 0 aliphatic heterocycles. The molecule has 0 aliphatic carbocycles. The molecule has 0 saturated heterocycles. The third-order valence-electron chi connectivity index (χ3n) is 2.70. The summed E-state index contributed by atoms with van der Waals surface area (Å²) < 4.78 is 25.9. The molecule has 2 aromatic rings. The van der Waals surface area contributed by atoms with Crippen LogP contribution in [0, 0.1) is 11.6 Å². The lowest BCUT2D eigenvalue weighted by Gasteiger charge is -2.08. The zero-order chi connectivity index (χ0) is 14.5. The van der Waals surface area contributed by atoms with Crippen LogP contribution in [0.1, 0.15) is 13.3 Å². The molecule has 20 heavy (non-hydrogen) atoms. The Morgan fingerprint density at radius 1 is 0.950 bits per heavy atom. The van der Waals surface area contributed by atoms with Crippen LogP contribution in [0.3, 0.4) is 0 Å². The first-order chi connectivity index (χ1) is 9.58. The molecule has 2 N–H and O–H groups in total. The molecule has 0 radical (unpaired) electrons. The van der Waals surface area contributed by atoms with Crippen LogP contribution in [-0.4, -0.2) is 5.91 Å². The summed E-state index contributed by atoms with van der Waals surface area (Å²) >= 11 is 0. The molecule has 0 saturated carbocycles. The number of amides is 1. The summed E-state index contributed by atoms with van der Waals surface area (Å²) in [6.45, 7) is 1.77. The van der Waals surface area contributed by atoms with Crippen molar-refractivity contribution in [1.82, 2.24) is 0 Å². The maximum absolute atomic E-state index is 13.1. The first-order valence-electron chi connectivity index (χ1n) is 6.20. The number of carbonyl (C=O) groups excluding carboxylic acids is 1. The summed E-state index contributed by atoms with van der Waals surface area (Å²) in [5.74, 6) is -1.85. The molecule has 0 heterocycles. The molecule has 104 valence electrons. The van der Waals surface area contributed by atoms with Gasteiger partial charge in [-0.15, -0.1) is 0 Å². The zero-order valence-corrected chi connectivity index (χ0v) is 10.9. The Morgan fingerprint density at radius 3 is 2.15 bits per heavy atom. The van der Waals surface area contributed by atoms with Crippen LogP contribution >= 0.6 is 0 Å². The van der Waals surface area contributed by atoms with Crippen LogP contribution < -0.4 is 10.6 Å². The minimum absolute atomic E-state index is 0.0636. The second-order valence-corrected chi connectivity index (χ2v) is 4.23. The zero-order valence-electron chi connectivity index (χ0n) is 10.9. The van der Waals surface area contributed by atoms with E-state index >= 15 is 0 Å². The van der Waals surface area contributed by atoms with Crippen LogP contribution in [-0.2, 0) is 4.79 Å². The fourth-order valence-corrected chi connectivity index (χ4v) is 1.63. The molecule has 2 aromatic carbocycles. The molecule has 0 spiro atoms. The summed E-state index contributed by atoms with van der Waals surface area (Å²) in [5, 5.41) is 5.67. The van der Waals surface area contributed by atoms with Crippen molar-refractivity contribution in [3.05, 3.63) is 54.1 Å². The van der Waals surface area contributed by atoms with Crippen molar-refractivity contribution in [2.24, 2.45) is 0 Å². The summed E-state index contributed by atoms with van der Waals surface area (Å²) in [6.07, 6.45) is 0.412. The van der Waals surface area contributed by atoms with E-state index < -0.39 is 11.6 Å². The smallest absolute Gasteiger partial charge is 0.224 e. The highest BCUT2D eigenvalue weighted by Gasteiger charge is 2.03. The van der Waals surface area contributed by atoms with Gasteiger partial charge in [-0.1, -0.05) is 6.92 Å². The molecule has 2 rings (SSSR count). The summed E-state index contributed by atoms with van der Waals surface area (Å²) in [7, 11) is 0. The second kappa shape index (κ2) is 6.14. The van der Waals surface area contributed by atoms with Gasteiger partial charge in [-0.25, -0.2) is 8.78 Å².